The van der Waals surface area contributed by atoms with Crippen molar-refractivity contribution in [2.24, 2.45) is 0 Å². The number of rotatable bonds is 6. The minimum Gasteiger partial charge on any atom is -0.375 e. The monoisotopic (exact) mass is 322 g/mol. The second kappa shape index (κ2) is 6.79. The van der Waals surface area contributed by atoms with E-state index in [0.717, 1.165) is 32.1 Å². The molecule has 1 aromatic heterocycles. The van der Waals surface area contributed by atoms with Crippen LogP contribution in [0.4, 0.5) is 5.00 Å². The molecule has 1 aliphatic carbocycles. The number of hydrogen-bond acceptors (Lipinski definition) is 4. The van der Waals surface area contributed by atoms with Gasteiger partial charge in [0, 0.05) is 12.5 Å². The Morgan fingerprint density at radius 2 is 2.14 bits per heavy atom. The molecule has 120 valence electrons. The Balaban J connectivity index is 1.48. The maximum atomic E-state index is 12.1. The quantitative estimate of drug-likeness (QED) is 0.846. The number of carbonyl (C=O) groups is 2. The van der Waals surface area contributed by atoms with Crippen molar-refractivity contribution in [3.05, 3.63) is 17.0 Å². The van der Waals surface area contributed by atoms with Crippen molar-refractivity contribution in [1.29, 1.82) is 0 Å². The summed E-state index contributed by atoms with van der Waals surface area (Å²) in [7, 11) is 0. The first-order valence-corrected chi connectivity index (χ1v) is 8.83. The van der Waals surface area contributed by atoms with Gasteiger partial charge >= 0.3 is 0 Å². The largest absolute Gasteiger partial charge is 0.375 e. The maximum Gasteiger partial charge on any atom is 0.254 e. The van der Waals surface area contributed by atoms with E-state index in [4.69, 9.17) is 4.74 Å². The summed E-state index contributed by atoms with van der Waals surface area (Å²) in [6, 6.07) is 2.08. The molecule has 0 unspecified atom stereocenters. The van der Waals surface area contributed by atoms with E-state index in [1.807, 2.05) is 5.38 Å². The molecule has 3 rings (SSSR count). The summed E-state index contributed by atoms with van der Waals surface area (Å²) in [5.41, 5.74) is 0.566. The average molecular weight is 322 g/mol. The Bertz CT molecular complexity index is 553. The minimum atomic E-state index is -0.0907. The van der Waals surface area contributed by atoms with Crippen LogP contribution in [0.25, 0.3) is 0 Å². The van der Waals surface area contributed by atoms with Crippen LogP contribution in [0.5, 0.6) is 0 Å². The zero-order chi connectivity index (χ0) is 15.5. The Hall–Kier alpha value is -1.40. The molecule has 22 heavy (non-hydrogen) atoms. The molecule has 0 radical (unpaired) electrons. The van der Waals surface area contributed by atoms with Crippen LogP contribution in [-0.4, -0.2) is 30.1 Å². The number of ether oxygens (including phenoxy) is 1. The lowest BCUT2D eigenvalue weighted by Crippen LogP contribution is -2.26. The van der Waals surface area contributed by atoms with E-state index in [0.29, 0.717) is 29.1 Å². The van der Waals surface area contributed by atoms with Gasteiger partial charge in [0.05, 0.1) is 17.8 Å². The van der Waals surface area contributed by atoms with E-state index in [-0.39, 0.29) is 17.9 Å². The molecule has 2 N–H and O–H groups in total. The Morgan fingerprint density at radius 1 is 1.32 bits per heavy atom. The molecule has 2 amide bonds. The van der Waals surface area contributed by atoms with E-state index in [1.165, 1.54) is 11.3 Å². The van der Waals surface area contributed by atoms with Crippen molar-refractivity contribution in [3.63, 3.8) is 0 Å². The highest BCUT2D eigenvalue weighted by Crippen LogP contribution is 2.27. The standard InChI is InChI=1S/C16H22N2O3S/c1-10-2-5-12(21-10)6-7-14(19)18-16-13(8-9-22-16)15(20)17-11-3-4-11/h8-12H,2-7H2,1H3,(H,17,20)(H,18,19)/t10-,12+/m0/s1. The fourth-order valence-corrected chi connectivity index (χ4v) is 3.46. The number of nitrogens with one attached hydrogen (secondary N) is 2. The molecule has 0 aromatic carbocycles. The van der Waals surface area contributed by atoms with Crippen LogP contribution >= 0.6 is 11.3 Å². The number of carbonyl (C=O) groups excluding carboxylic acids is 2. The fraction of sp³-hybridized carbons (Fsp3) is 0.625. The lowest BCUT2D eigenvalue weighted by atomic mass is 10.1. The van der Waals surface area contributed by atoms with Crippen LogP contribution in [0, 0.1) is 0 Å². The normalized spacial score (nSPS) is 24.2. The van der Waals surface area contributed by atoms with Gasteiger partial charge in [0.2, 0.25) is 5.91 Å². The second-order valence-electron chi connectivity index (χ2n) is 6.14. The molecule has 5 nitrogen and oxygen atoms in total. The molecular formula is C16H22N2O3S. The van der Waals surface area contributed by atoms with Gasteiger partial charge < -0.3 is 15.4 Å². The Morgan fingerprint density at radius 3 is 2.82 bits per heavy atom. The van der Waals surface area contributed by atoms with Gasteiger partial charge in [0.25, 0.3) is 5.91 Å². The zero-order valence-corrected chi connectivity index (χ0v) is 13.6. The first-order valence-electron chi connectivity index (χ1n) is 7.95. The topological polar surface area (TPSA) is 67.4 Å². The third kappa shape index (κ3) is 4.08. The molecule has 0 spiro atoms. The fourth-order valence-electron chi connectivity index (χ4n) is 2.65. The summed E-state index contributed by atoms with van der Waals surface area (Å²) < 4.78 is 5.72. The van der Waals surface area contributed by atoms with Crippen LogP contribution in [-0.2, 0) is 9.53 Å². The molecular weight excluding hydrogens is 300 g/mol. The number of amides is 2. The van der Waals surface area contributed by atoms with Crippen LogP contribution in [0.2, 0.25) is 0 Å². The van der Waals surface area contributed by atoms with Gasteiger partial charge in [0.15, 0.2) is 0 Å². The van der Waals surface area contributed by atoms with Crippen molar-refractivity contribution in [2.75, 3.05) is 5.32 Å². The number of thiophene rings is 1. The Labute approximate surface area is 134 Å². The molecule has 0 bridgehead atoms. The van der Waals surface area contributed by atoms with Gasteiger partial charge in [-0.15, -0.1) is 11.3 Å². The van der Waals surface area contributed by atoms with Gasteiger partial charge in [-0.2, -0.15) is 0 Å². The molecule has 1 aliphatic heterocycles. The van der Waals surface area contributed by atoms with E-state index < -0.39 is 0 Å². The lowest BCUT2D eigenvalue weighted by molar-refractivity contribution is -0.116. The predicted octanol–water partition coefficient (Wildman–Crippen LogP) is 2.93. The third-order valence-electron chi connectivity index (χ3n) is 4.09. The summed E-state index contributed by atoms with van der Waals surface area (Å²) in [6.07, 6.45) is 5.88. The van der Waals surface area contributed by atoms with E-state index >= 15 is 0 Å². The summed E-state index contributed by atoms with van der Waals surface area (Å²) in [5.74, 6) is -0.141. The maximum absolute atomic E-state index is 12.1. The van der Waals surface area contributed by atoms with Crippen LogP contribution in [0.3, 0.4) is 0 Å². The first-order chi connectivity index (χ1) is 10.6. The molecule has 2 atom stereocenters. The van der Waals surface area contributed by atoms with E-state index in [2.05, 4.69) is 17.6 Å². The smallest absolute Gasteiger partial charge is 0.254 e. The molecule has 1 aromatic rings. The van der Waals surface area contributed by atoms with Gasteiger partial charge in [-0.3, -0.25) is 9.59 Å². The van der Waals surface area contributed by atoms with Crippen molar-refractivity contribution < 1.29 is 14.3 Å². The highest BCUT2D eigenvalue weighted by atomic mass is 32.1. The number of anilines is 1. The molecule has 2 heterocycles. The molecule has 2 aliphatic rings. The van der Waals surface area contributed by atoms with Gasteiger partial charge in [-0.1, -0.05) is 0 Å². The summed E-state index contributed by atoms with van der Waals surface area (Å²) in [4.78, 5) is 24.2. The number of hydrogen-bond donors (Lipinski definition) is 2. The highest BCUT2D eigenvalue weighted by molar-refractivity contribution is 7.14. The van der Waals surface area contributed by atoms with Crippen LogP contribution in [0.1, 0.15) is 55.8 Å². The van der Waals surface area contributed by atoms with E-state index in [1.54, 1.807) is 6.07 Å². The van der Waals surface area contributed by atoms with Gasteiger partial charge in [0.1, 0.15) is 5.00 Å². The molecule has 2 fully saturated rings. The minimum absolute atomic E-state index is 0.0499. The van der Waals surface area contributed by atoms with Crippen LogP contribution in [0.15, 0.2) is 11.4 Å². The van der Waals surface area contributed by atoms with Gasteiger partial charge in [-0.05, 0) is 50.5 Å². The third-order valence-corrected chi connectivity index (χ3v) is 4.92. The van der Waals surface area contributed by atoms with E-state index in [9.17, 15) is 9.59 Å². The van der Waals surface area contributed by atoms with Crippen molar-refractivity contribution in [3.8, 4) is 0 Å². The van der Waals surface area contributed by atoms with Crippen LogP contribution < -0.4 is 10.6 Å². The first kappa shape index (κ1) is 15.5. The Kier molecular flexibility index (Phi) is 4.78. The summed E-state index contributed by atoms with van der Waals surface area (Å²) >= 11 is 1.39. The van der Waals surface area contributed by atoms with Crippen molar-refractivity contribution in [2.45, 2.75) is 63.7 Å². The predicted molar refractivity (Wildman–Crippen MR) is 86.2 cm³/mol. The SMILES string of the molecule is C[C@H]1CC[C@H](CCC(=O)Nc2sccc2C(=O)NC2CC2)O1. The van der Waals surface area contributed by atoms with Crippen molar-refractivity contribution in [1.82, 2.24) is 5.32 Å². The summed E-state index contributed by atoms with van der Waals surface area (Å²) in [6.45, 7) is 2.07. The average Bonchev–Trinajstić information content (AvgIpc) is 3.00. The molecule has 1 saturated heterocycles. The van der Waals surface area contributed by atoms with Gasteiger partial charge in [-0.25, -0.2) is 0 Å². The highest BCUT2D eigenvalue weighted by Gasteiger charge is 2.26. The molecule has 6 heteroatoms. The zero-order valence-electron chi connectivity index (χ0n) is 12.8. The lowest BCUT2D eigenvalue weighted by Gasteiger charge is -2.11. The summed E-state index contributed by atoms with van der Waals surface area (Å²) in [5, 5.41) is 8.29. The van der Waals surface area contributed by atoms with Crippen molar-refractivity contribution >= 4 is 28.2 Å². The second-order valence-corrected chi connectivity index (χ2v) is 7.06. The molecule has 1 saturated carbocycles.